The number of nitro benzene ring substituents is 1. The van der Waals surface area contributed by atoms with Gasteiger partial charge in [0, 0.05) is 17.7 Å². The molecule has 25 heavy (non-hydrogen) atoms. The maximum Gasteiger partial charge on any atom is 0.270 e. The second-order valence-electron chi connectivity index (χ2n) is 4.98. The zero-order valence-electron chi connectivity index (χ0n) is 12.8. The van der Waals surface area contributed by atoms with E-state index in [4.69, 9.17) is 0 Å². The molecular weight excluding hydrogens is 340 g/mol. The molecule has 1 aliphatic rings. The van der Waals surface area contributed by atoms with E-state index in [1.165, 1.54) is 30.1 Å². The van der Waals surface area contributed by atoms with Crippen LogP contribution in [0.4, 0.5) is 5.69 Å². The Kier molecular flexibility index (Phi) is 5.00. The molecule has 1 heterocycles. The van der Waals surface area contributed by atoms with Crippen molar-refractivity contribution < 1.29 is 9.72 Å². The molecule has 0 radical (unpaired) electrons. The van der Waals surface area contributed by atoms with E-state index in [1.54, 1.807) is 18.2 Å². The van der Waals surface area contributed by atoms with Crippen LogP contribution in [0.5, 0.6) is 0 Å². The fourth-order valence-corrected chi connectivity index (χ4v) is 2.82. The Labute approximate surface area is 147 Å². The van der Waals surface area contributed by atoms with Crippen LogP contribution in [0.3, 0.4) is 0 Å². The number of hydrogen-bond acceptors (Lipinski definition) is 6. The molecule has 0 aromatic heterocycles. The average Bonchev–Trinajstić information content (AvgIpc) is 2.95. The number of non-ortho nitro benzene ring substituents is 1. The number of carbonyl (C=O) groups is 1. The average molecular weight is 352 g/mol. The van der Waals surface area contributed by atoms with Gasteiger partial charge in [-0.1, -0.05) is 42.5 Å². The fraction of sp³-hybridized carbons (Fsp3) is 0. The normalized spacial score (nSPS) is 17.4. The van der Waals surface area contributed by atoms with Crippen molar-refractivity contribution in [3.8, 4) is 0 Å². The molecule has 1 N–H and O–H groups in total. The molecule has 124 valence electrons. The predicted octanol–water partition coefficient (Wildman–Crippen LogP) is 3.19. The quantitative estimate of drug-likeness (QED) is 0.395. The number of nitro groups is 1. The number of amidine groups is 1. The smallest absolute Gasteiger partial charge is 0.270 e. The first kappa shape index (κ1) is 16.6. The van der Waals surface area contributed by atoms with Crippen LogP contribution in [0.2, 0.25) is 0 Å². The van der Waals surface area contributed by atoms with Gasteiger partial charge < -0.3 is 0 Å². The van der Waals surface area contributed by atoms with E-state index in [1.807, 2.05) is 30.3 Å². The van der Waals surface area contributed by atoms with Crippen molar-refractivity contribution >= 4 is 40.8 Å². The van der Waals surface area contributed by atoms with Gasteiger partial charge in [0.2, 0.25) is 0 Å². The summed E-state index contributed by atoms with van der Waals surface area (Å²) in [6.07, 6.45) is 3.17. The van der Waals surface area contributed by atoms with Crippen LogP contribution in [0.25, 0.3) is 6.08 Å². The summed E-state index contributed by atoms with van der Waals surface area (Å²) in [5, 5.41) is 21.5. The third-order valence-electron chi connectivity index (χ3n) is 3.18. The Morgan fingerprint density at radius 3 is 2.60 bits per heavy atom. The highest BCUT2D eigenvalue weighted by atomic mass is 32.2. The van der Waals surface area contributed by atoms with Crippen molar-refractivity contribution in [3.63, 3.8) is 0 Å². The third kappa shape index (κ3) is 4.39. The highest BCUT2D eigenvalue weighted by Gasteiger charge is 2.23. The Bertz CT molecular complexity index is 907. The van der Waals surface area contributed by atoms with Gasteiger partial charge in [-0.05, 0) is 23.4 Å². The van der Waals surface area contributed by atoms with E-state index in [0.717, 1.165) is 5.56 Å². The first-order chi connectivity index (χ1) is 12.1. The molecule has 0 aliphatic carbocycles. The summed E-state index contributed by atoms with van der Waals surface area (Å²) in [4.78, 5) is 22.7. The van der Waals surface area contributed by atoms with E-state index in [-0.39, 0.29) is 11.6 Å². The van der Waals surface area contributed by atoms with Gasteiger partial charge >= 0.3 is 0 Å². The van der Waals surface area contributed by atoms with Crippen LogP contribution in [0, 0.1) is 10.1 Å². The van der Waals surface area contributed by atoms with Gasteiger partial charge in [0.05, 0.1) is 16.0 Å². The van der Waals surface area contributed by atoms with Gasteiger partial charge in [-0.3, -0.25) is 20.2 Å². The summed E-state index contributed by atoms with van der Waals surface area (Å²) < 4.78 is 0. The largest absolute Gasteiger partial charge is 0.299 e. The summed E-state index contributed by atoms with van der Waals surface area (Å²) in [6, 6.07) is 15.5. The lowest BCUT2D eigenvalue weighted by Crippen LogP contribution is -2.19. The lowest BCUT2D eigenvalue weighted by Gasteiger charge is -1.93. The zero-order valence-corrected chi connectivity index (χ0v) is 13.6. The number of carbonyl (C=O) groups excluding carboxylic acids is 1. The maximum absolute atomic E-state index is 11.9. The van der Waals surface area contributed by atoms with Crippen molar-refractivity contribution in [2.24, 2.45) is 10.2 Å². The summed E-state index contributed by atoms with van der Waals surface area (Å²) >= 11 is 1.19. The summed E-state index contributed by atoms with van der Waals surface area (Å²) in [7, 11) is 0. The van der Waals surface area contributed by atoms with E-state index in [9.17, 15) is 14.9 Å². The van der Waals surface area contributed by atoms with Crippen molar-refractivity contribution in [2.45, 2.75) is 0 Å². The van der Waals surface area contributed by atoms with E-state index >= 15 is 0 Å². The molecule has 1 aliphatic heterocycles. The molecule has 1 amide bonds. The van der Waals surface area contributed by atoms with Crippen LogP contribution in [-0.2, 0) is 4.79 Å². The molecule has 0 unspecified atom stereocenters. The Morgan fingerprint density at radius 2 is 1.84 bits per heavy atom. The molecule has 2 aromatic carbocycles. The molecule has 1 fully saturated rings. The summed E-state index contributed by atoms with van der Waals surface area (Å²) in [6.45, 7) is 0. The minimum atomic E-state index is -0.475. The molecule has 0 saturated carbocycles. The molecule has 3 rings (SSSR count). The van der Waals surface area contributed by atoms with Crippen molar-refractivity contribution in [2.75, 3.05) is 0 Å². The SMILES string of the molecule is O=C1N/C(=N\N=C\c2cccc([N+](=O)[O-])c2)S/C1=C/c1ccccc1. The predicted molar refractivity (Wildman–Crippen MR) is 98.3 cm³/mol. The Morgan fingerprint density at radius 1 is 1.08 bits per heavy atom. The maximum atomic E-state index is 11.9. The van der Waals surface area contributed by atoms with Crippen LogP contribution >= 0.6 is 11.8 Å². The van der Waals surface area contributed by atoms with E-state index in [0.29, 0.717) is 15.6 Å². The lowest BCUT2D eigenvalue weighted by molar-refractivity contribution is -0.384. The summed E-state index contributed by atoms with van der Waals surface area (Å²) in [5.74, 6) is -0.238. The fourth-order valence-electron chi connectivity index (χ4n) is 2.04. The van der Waals surface area contributed by atoms with Gasteiger partial charge in [-0.2, -0.15) is 5.10 Å². The second kappa shape index (κ2) is 7.54. The molecule has 8 heteroatoms. The number of nitrogens with zero attached hydrogens (tertiary/aromatic N) is 3. The second-order valence-corrected chi connectivity index (χ2v) is 6.01. The Balaban J connectivity index is 1.71. The van der Waals surface area contributed by atoms with E-state index in [2.05, 4.69) is 15.5 Å². The molecule has 0 atom stereocenters. The van der Waals surface area contributed by atoms with Crippen LogP contribution in [0.1, 0.15) is 11.1 Å². The topological polar surface area (TPSA) is 97.0 Å². The van der Waals surface area contributed by atoms with Gasteiger partial charge in [0.1, 0.15) is 0 Å². The molecular formula is C17H12N4O3S. The van der Waals surface area contributed by atoms with Crippen molar-refractivity contribution in [3.05, 3.63) is 80.7 Å². The highest BCUT2D eigenvalue weighted by Crippen LogP contribution is 2.25. The monoisotopic (exact) mass is 352 g/mol. The molecule has 0 bridgehead atoms. The van der Waals surface area contributed by atoms with Crippen LogP contribution in [-0.4, -0.2) is 22.2 Å². The first-order valence-electron chi connectivity index (χ1n) is 7.23. The van der Waals surface area contributed by atoms with Crippen molar-refractivity contribution in [1.82, 2.24) is 5.32 Å². The standard InChI is InChI=1S/C17H12N4O3S/c22-16-15(10-12-5-2-1-3-6-12)25-17(19-16)20-18-11-13-7-4-8-14(9-13)21(23)24/h1-11H,(H,19,20,22)/b15-10+,18-11+. The number of amides is 1. The number of thioether (sulfide) groups is 1. The highest BCUT2D eigenvalue weighted by molar-refractivity contribution is 8.18. The Hall–Kier alpha value is -3.26. The summed E-state index contributed by atoms with van der Waals surface area (Å²) in [5.41, 5.74) is 1.45. The zero-order chi connectivity index (χ0) is 17.6. The lowest BCUT2D eigenvalue weighted by atomic mass is 10.2. The van der Waals surface area contributed by atoms with Crippen LogP contribution in [0.15, 0.2) is 69.7 Å². The molecule has 7 nitrogen and oxygen atoms in total. The molecule has 2 aromatic rings. The molecule has 0 spiro atoms. The van der Waals surface area contributed by atoms with Gasteiger partial charge in [0.15, 0.2) is 5.17 Å². The minimum absolute atomic E-state index is 0.0202. The number of benzene rings is 2. The number of nitrogens with one attached hydrogen (secondary N) is 1. The van der Waals surface area contributed by atoms with E-state index < -0.39 is 4.92 Å². The first-order valence-corrected chi connectivity index (χ1v) is 8.05. The van der Waals surface area contributed by atoms with Crippen molar-refractivity contribution in [1.29, 1.82) is 0 Å². The van der Waals surface area contributed by atoms with Gasteiger partial charge in [0.25, 0.3) is 11.6 Å². The number of hydrogen-bond donors (Lipinski definition) is 1. The number of rotatable bonds is 4. The third-order valence-corrected chi connectivity index (χ3v) is 4.08. The van der Waals surface area contributed by atoms with Crippen LogP contribution < -0.4 is 5.32 Å². The van der Waals surface area contributed by atoms with Gasteiger partial charge in [-0.25, -0.2) is 0 Å². The minimum Gasteiger partial charge on any atom is -0.299 e. The van der Waals surface area contributed by atoms with Gasteiger partial charge in [-0.15, -0.1) is 5.10 Å². The molecule has 1 saturated heterocycles.